The van der Waals surface area contributed by atoms with Crippen molar-refractivity contribution in [3.63, 3.8) is 0 Å². The second-order valence-electron chi connectivity index (χ2n) is 6.65. The quantitative estimate of drug-likeness (QED) is 0.433. The summed E-state index contributed by atoms with van der Waals surface area (Å²) in [5.74, 6) is 0.334. The molecule has 3 aromatic rings. The summed E-state index contributed by atoms with van der Waals surface area (Å²) < 4.78 is 5.96. The Balaban J connectivity index is 1.55. The molecule has 0 saturated carbocycles. The number of thioether (sulfide) groups is 1. The predicted octanol–water partition coefficient (Wildman–Crippen LogP) is 6.34. The van der Waals surface area contributed by atoms with E-state index in [1.54, 1.807) is 30.3 Å². The molecule has 1 aliphatic rings. The zero-order valence-corrected chi connectivity index (χ0v) is 18.8. The van der Waals surface area contributed by atoms with Gasteiger partial charge in [0.05, 0.1) is 32.3 Å². The minimum atomic E-state index is -0.267. The van der Waals surface area contributed by atoms with Gasteiger partial charge in [-0.1, -0.05) is 65.7 Å². The van der Waals surface area contributed by atoms with Gasteiger partial charge in [0.1, 0.15) is 12.4 Å². The number of rotatable bonds is 5. The van der Waals surface area contributed by atoms with Gasteiger partial charge in [-0.2, -0.15) is 5.26 Å². The smallest absolute Gasteiger partial charge is 0.264 e. The van der Waals surface area contributed by atoms with Gasteiger partial charge < -0.3 is 10.1 Å². The van der Waals surface area contributed by atoms with Crippen LogP contribution in [0, 0.1) is 11.3 Å². The molecule has 0 bridgehead atoms. The summed E-state index contributed by atoms with van der Waals surface area (Å²) in [4.78, 5) is 17.4. The monoisotopic (exact) mass is 479 g/mol. The molecule has 1 saturated heterocycles. The van der Waals surface area contributed by atoms with Gasteiger partial charge in [-0.05, 0) is 42.1 Å². The van der Waals surface area contributed by atoms with E-state index in [0.717, 1.165) is 11.1 Å². The number of carbonyl (C=O) groups excluding carboxylic acids is 1. The van der Waals surface area contributed by atoms with Crippen molar-refractivity contribution in [1.29, 1.82) is 5.26 Å². The Bertz CT molecular complexity index is 1300. The Morgan fingerprint density at radius 3 is 2.69 bits per heavy atom. The number of aliphatic imine (C=N–C) groups is 1. The number of benzene rings is 3. The lowest BCUT2D eigenvalue weighted by atomic mass is 10.1. The van der Waals surface area contributed by atoms with E-state index in [9.17, 15) is 10.1 Å². The van der Waals surface area contributed by atoms with Gasteiger partial charge in [0.15, 0.2) is 5.17 Å². The number of nitrogens with one attached hydrogen (secondary N) is 1. The number of carbonyl (C=O) groups is 1. The first kappa shape index (κ1) is 22.0. The SMILES string of the molecule is N#Cc1ccccc1COc1ccccc1/C=C1/SC(=Nc2cccc(Cl)c2Cl)NC1=O. The lowest BCUT2D eigenvalue weighted by Crippen LogP contribution is -2.19. The number of nitrogens with zero attached hydrogens (tertiary/aromatic N) is 2. The lowest BCUT2D eigenvalue weighted by Gasteiger charge is -2.10. The largest absolute Gasteiger partial charge is 0.488 e. The predicted molar refractivity (Wildman–Crippen MR) is 129 cm³/mol. The van der Waals surface area contributed by atoms with Crippen LogP contribution in [0.4, 0.5) is 5.69 Å². The fourth-order valence-corrected chi connectivity index (χ4v) is 4.12. The number of hydrogen-bond donors (Lipinski definition) is 1. The minimum absolute atomic E-state index is 0.239. The molecular formula is C24H15Cl2N3O2S. The Hall–Kier alpha value is -3.24. The van der Waals surface area contributed by atoms with Crippen molar-refractivity contribution < 1.29 is 9.53 Å². The van der Waals surface area contributed by atoms with E-state index in [2.05, 4.69) is 16.4 Å². The highest BCUT2D eigenvalue weighted by Gasteiger charge is 2.24. The topological polar surface area (TPSA) is 74.5 Å². The van der Waals surface area contributed by atoms with Crippen LogP contribution in [0.3, 0.4) is 0 Å². The maximum Gasteiger partial charge on any atom is 0.264 e. The van der Waals surface area contributed by atoms with Gasteiger partial charge in [-0.25, -0.2) is 4.99 Å². The number of ether oxygens (including phenoxy) is 1. The number of hydrogen-bond acceptors (Lipinski definition) is 5. The van der Waals surface area contributed by atoms with E-state index in [0.29, 0.717) is 37.1 Å². The third-order valence-corrected chi connectivity index (χ3v) is 6.25. The normalized spacial score (nSPS) is 15.6. The highest BCUT2D eigenvalue weighted by molar-refractivity contribution is 8.18. The van der Waals surface area contributed by atoms with Crippen LogP contribution in [0.15, 0.2) is 76.6 Å². The Morgan fingerprint density at radius 2 is 1.84 bits per heavy atom. The summed E-state index contributed by atoms with van der Waals surface area (Å²) in [5.41, 5.74) is 2.57. The third kappa shape index (κ3) is 4.97. The average molecular weight is 480 g/mol. The number of amides is 1. The number of amidine groups is 1. The van der Waals surface area contributed by atoms with Crippen molar-refractivity contribution in [3.8, 4) is 11.8 Å². The molecule has 1 aliphatic heterocycles. The van der Waals surface area contributed by atoms with Gasteiger partial charge in [0.25, 0.3) is 5.91 Å². The second kappa shape index (κ2) is 9.92. The van der Waals surface area contributed by atoms with Crippen LogP contribution in [0.1, 0.15) is 16.7 Å². The van der Waals surface area contributed by atoms with Crippen LogP contribution in [-0.2, 0) is 11.4 Å². The fraction of sp³-hybridized carbons (Fsp3) is 0.0417. The molecule has 4 rings (SSSR count). The third-order valence-electron chi connectivity index (χ3n) is 4.53. The Kier molecular flexibility index (Phi) is 6.81. The van der Waals surface area contributed by atoms with Crippen molar-refractivity contribution in [1.82, 2.24) is 5.32 Å². The second-order valence-corrected chi connectivity index (χ2v) is 8.47. The van der Waals surface area contributed by atoms with E-state index in [1.165, 1.54) is 11.8 Å². The lowest BCUT2D eigenvalue weighted by molar-refractivity contribution is -0.115. The molecule has 1 amide bonds. The summed E-state index contributed by atoms with van der Waals surface area (Å²) in [5, 5.41) is 13.1. The van der Waals surface area contributed by atoms with E-state index in [-0.39, 0.29) is 12.5 Å². The van der Waals surface area contributed by atoms with Crippen LogP contribution >= 0.6 is 35.0 Å². The number of halogens is 2. The van der Waals surface area contributed by atoms with Crippen LogP contribution in [0.25, 0.3) is 6.08 Å². The average Bonchev–Trinajstić information content (AvgIpc) is 3.15. The molecule has 0 spiro atoms. The molecule has 1 fully saturated rings. The molecule has 158 valence electrons. The minimum Gasteiger partial charge on any atom is -0.488 e. The molecule has 1 heterocycles. The molecule has 3 aromatic carbocycles. The number of para-hydroxylation sites is 1. The Morgan fingerprint density at radius 1 is 1.06 bits per heavy atom. The number of nitriles is 1. The summed E-state index contributed by atoms with van der Waals surface area (Å²) in [6.45, 7) is 0.239. The molecular weight excluding hydrogens is 465 g/mol. The fourth-order valence-electron chi connectivity index (χ4n) is 2.95. The summed E-state index contributed by atoms with van der Waals surface area (Å²) in [6.07, 6.45) is 1.74. The molecule has 32 heavy (non-hydrogen) atoms. The van der Waals surface area contributed by atoms with Crippen LogP contribution in [0.5, 0.6) is 5.75 Å². The van der Waals surface area contributed by atoms with Crippen molar-refractivity contribution in [2.45, 2.75) is 6.61 Å². The maximum absolute atomic E-state index is 12.5. The summed E-state index contributed by atoms with van der Waals surface area (Å²) in [7, 11) is 0. The zero-order valence-electron chi connectivity index (χ0n) is 16.5. The van der Waals surface area contributed by atoms with Gasteiger partial charge in [-0.3, -0.25) is 4.79 Å². The molecule has 8 heteroatoms. The van der Waals surface area contributed by atoms with Crippen LogP contribution in [-0.4, -0.2) is 11.1 Å². The van der Waals surface area contributed by atoms with Gasteiger partial charge in [0, 0.05) is 11.1 Å². The van der Waals surface area contributed by atoms with Crippen molar-refractivity contribution >= 4 is 57.8 Å². The van der Waals surface area contributed by atoms with Crippen LogP contribution in [0.2, 0.25) is 10.0 Å². The Labute approximate surface area is 199 Å². The van der Waals surface area contributed by atoms with Gasteiger partial charge in [0.2, 0.25) is 0 Å². The standard InChI is InChI=1S/C24H15Cl2N3O2S/c25-18-9-5-10-19(22(18)26)28-24-29-23(30)21(32-24)12-15-6-3-4-11-20(15)31-14-17-8-2-1-7-16(17)13-27/h1-12H,14H2,(H,28,29,30)/b21-12+. The first-order valence-corrected chi connectivity index (χ1v) is 11.1. The van der Waals surface area contributed by atoms with E-state index in [1.807, 2.05) is 42.5 Å². The highest BCUT2D eigenvalue weighted by Crippen LogP contribution is 2.35. The van der Waals surface area contributed by atoms with Crippen LogP contribution < -0.4 is 10.1 Å². The van der Waals surface area contributed by atoms with Crippen molar-refractivity contribution in [3.05, 3.63) is 98.4 Å². The zero-order chi connectivity index (χ0) is 22.5. The molecule has 0 aliphatic carbocycles. The van der Waals surface area contributed by atoms with E-state index >= 15 is 0 Å². The maximum atomic E-state index is 12.5. The first-order valence-electron chi connectivity index (χ1n) is 9.48. The van der Waals surface area contributed by atoms with E-state index < -0.39 is 0 Å². The summed E-state index contributed by atoms with van der Waals surface area (Å²) in [6, 6.07) is 22.0. The first-order chi connectivity index (χ1) is 15.5. The van der Waals surface area contributed by atoms with Crippen molar-refractivity contribution in [2.75, 3.05) is 0 Å². The van der Waals surface area contributed by atoms with E-state index in [4.69, 9.17) is 27.9 Å². The van der Waals surface area contributed by atoms with Gasteiger partial charge >= 0.3 is 0 Å². The van der Waals surface area contributed by atoms with Gasteiger partial charge in [-0.15, -0.1) is 0 Å². The molecule has 0 unspecified atom stereocenters. The summed E-state index contributed by atoms with van der Waals surface area (Å²) >= 11 is 13.4. The molecule has 0 atom stereocenters. The molecule has 0 aromatic heterocycles. The van der Waals surface area contributed by atoms with Crippen molar-refractivity contribution in [2.24, 2.45) is 4.99 Å². The highest BCUT2D eigenvalue weighted by atomic mass is 35.5. The molecule has 5 nitrogen and oxygen atoms in total. The molecule has 1 N–H and O–H groups in total. The molecule has 0 radical (unpaired) electrons.